The van der Waals surface area contributed by atoms with Crippen LogP contribution in [0, 0.1) is 0 Å². The number of nitrogens with one attached hydrogen (secondary N) is 1. The second-order valence-electron chi connectivity index (χ2n) is 7.90. The number of anilines is 1. The number of hydrogen-bond acceptors (Lipinski definition) is 5. The predicted molar refractivity (Wildman–Crippen MR) is 112 cm³/mol. The maximum atomic E-state index is 12.8. The first kappa shape index (κ1) is 18.5. The lowest BCUT2D eigenvalue weighted by atomic mass is 9.99. The van der Waals surface area contributed by atoms with Crippen molar-refractivity contribution in [1.82, 2.24) is 4.98 Å². The number of nitrogens with zero attached hydrogens (tertiary/aromatic N) is 1. The highest BCUT2D eigenvalue weighted by Crippen LogP contribution is 2.40. The Bertz CT molecular complexity index is 1210. The molecule has 0 bridgehead atoms. The number of Topliss-reactive ketones (excluding diaryl/α,β-unsaturated/α-hetero) is 1. The van der Waals surface area contributed by atoms with Crippen LogP contribution < -0.4 is 5.32 Å². The van der Waals surface area contributed by atoms with Crippen LogP contribution in [0.4, 0.5) is 5.69 Å². The molecule has 5 rings (SSSR count). The van der Waals surface area contributed by atoms with E-state index in [0.29, 0.717) is 17.0 Å². The number of fused-ring (bicyclic) bond motifs is 2. The van der Waals surface area contributed by atoms with Gasteiger partial charge in [-0.2, -0.15) is 0 Å². The van der Waals surface area contributed by atoms with E-state index in [4.69, 9.17) is 4.74 Å². The molecule has 6 nitrogen and oxygen atoms in total. The maximum Gasteiger partial charge on any atom is 0.339 e. The van der Waals surface area contributed by atoms with Gasteiger partial charge in [0.15, 0.2) is 12.4 Å². The zero-order valence-electron chi connectivity index (χ0n) is 16.5. The Morgan fingerprint density at radius 2 is 1.93 bits per heavy atom. The number of ether oxygens (including phenoxy) is 1. The Balaban J connectivity index is 1.36. The van der Waals surface area contributed by atoms with Gasteiger partial charge in [0.2, 0.25) is 5.91 Å². The van der Waals surface area contributed by atoms with E-state index in [9.17, 15) is 14.4 Å². The summed E-state index contributed by atoms with van der Waals surface area (Å²) >= 11 is 0. The normalized spacial score (nSPS) is 17.5. The lowest BCUT2D eigenvalue weighted by molar-refractivity contribution is -0.116. The lowest BCUT2D eigenvalue weighted by Gasteiger charge is -2.10. The van der Waals surface area contributed by atoms with Crippen molar-refractivity contribution < 1.29 is 19.1 Å². The molecule has 1 saturated carbocycles. The second kappa shape index (κ2) is 7.06. The highest BCUT2D eigenvalue weighted by atomic mass is 16.5. The molecule has 30 heavy (non-hydrogen) atoms. The van der Waals surface area contributed by atoms with E-state index in [1.54, 1.807) is 31.2 Å². The third-order valence-corrected chi connectivity index (χ3v) is 5.78. The first-order chi connectivity index (χ1) is 14.5. The van der Waals surface area contributed by atoms with Crippen LogP contribution in [0.2, 0.25) is 0 Å². The molecule has 0 unspecified atom stereocenters. The molecule has 2 aromatic carbocycles. The molecule has 3 aromatic rings. The molecule has 2 heterocycles. The van der Waals surface area contributed by atoms with Crippen LogP contribution in [0.5, 0.6) is 0 Å². The number of carbonyl (C=O) groups excluding carboxylic acids is 3. The quantitative estimate of drug-likeness (QED) is 0.512. The summed E-state index contributed by atoms with van der Waals surface area (Å²) in [5.41, 5.74) is 4.01. The maximum absolute atomic E-state index is 12.8. The minimum atomic E-state index is -0.532. The molecule has 1 aliphatic carbocycles. The van der Waals surface area contributed by atoms with Gasteiger partial charge in [-0.1, -0.05) is 18.2 Å². The first-order valence-electron chi connectivity index (χ1n) is 10.1. The summed E-state index contributed by atoms with van der Waals surface area (Å²) in [6, 6.07) is 14.3. The van der Waals surface area contributed by atoms with Gasteiger partial charge in [0.05, 0.1) is 17.0 Å². The van der Waals surface area contributed by atoms with Gasteiger partial charge in [-0.25, -0.2) is 4.79 Å². The van der Waals surface area contributed by atoms with Gasteiger partial charge < -0.3 is 10.1 Å². The van der Waals surface area contributed by atoms with Crippen molar-refractivity contribution in [1.29, 1.82) is 0 Å². The van der Waals surface area contributed by atoms with Gasteiger partial charge in [0, 0.05) is 28.2 Å². The smallest absolute Gasteiger partial charge is 0.339 e. The minimum Gasteiger partial charge on any atom is -0.454 e. The SMILES string of the molecule is C[C@H]1C(=O)Nc2ccc(C(=O)COC(=O)c3cc(C4CC4)nc4ccccc34)cc21. The summed E-state index contributed by atoms with van der Waals surface area (Å²) in [5.74, 6) is -0.836. The summed E-state index contributed by atoms with van der Waals surface area (Å²) in [7, 11) is 0. The van der Waals surface area contributed by atoms with Gasteiger partial charge in [-0.05, 0) is 55.7 Å². The van der Waals surface area contributed by atoms with E-state index in [1.807, 2.05) is 24.3 Å². The number of carbonyl (C=O) groups is 3. The van der Waals surface area contributed by atoms with E-state index in [1.165, 1.54) is 0 Å². The van der Waals surface area contributed by atoms with Gasteiger partial charge >= 0.3 is 5.97 Å². The van der Waals surface area contributed by atoms with Crippen molar-refractivity contribution in [2.75, 3.05) is 11.9 Å². The van der Waals surface area contributed by atoms with Gasteiger partial charge in [0.1, 0.15) is 0 Å². The van der Waals surface area contributed by atoms with Crippen LogP contribution in [0.15, 0.2) is 48.5 Å². The van der Waals surface area contributed by atoms with Crippen LogP contribution in [-0.4, -0.2) is 29.3 Å². The molecule has 0 saturated heterocycles. The number of esters is 1. The first-order valence-corrected chi connectivity index (χ1v) is 10.1. The molecule has 0 radical (unpaired) electrons. The highest BCUT2D eigenvalue weighted by molar-refractivity contribution is 6.07. The Kier molecular flexibility index (Phi) is 4.35. The average molecular weight is 400 g/mol. The number of rotatable bonds is 5. The number of aromatic nitrogens is 1. The lowest BCUT2D eigenvalue weighted by Crippen LogP contribution is -2.15. The van der Waals surface area contributed by atoms with Crippen molar-refractivity contribution in [3.8, 4) is 0 Å². The fourth-order valence-corrected chi connectivity index (χ4v) is 3.84. The zero-order chi connectivity index (χ0) is 20.8. The monoisotopic (exact) mass is 400 g/mol. The number of para-hydroxylation sites is 1. The molecule has 1 atom stereocenters. The van der Waals surface area contributed by atoms with Crippen molar-refractivity contribution in [2.45, 2.75) is 31.6 Å². The summed E-state index contributed by atoms with van der Waals surface area (Å²) < 4.78 is 5.38. The Morgan fingerprint density at radius 1 is 1.13 bits per heavy atom. The fraction of sp³-hybridized carbons (Fsp3) is 0.250. The molecule has 150 valence electrons. The van der Waals surface area contributed by atoms with E-state index >= 15 is 0 Å². The van der Waals surface area contributed by atoms with Gasteiger partial charge in [0.25, 0.3) is 0 Å². The van der Waals surface area contributed by atoms with Crippen molar-refractivity contribution in [3.05, 3.63) is 70.9 Å². The molecule has 1 aliphatic heterocycles. The zero-order valence-corrected chi connectivity index (χ0v) is 16.5. The molecular formula is C24H20N2O4. The molecule has 6 heteroatoms. The summed E-state index contributed by atoms with van der Waals surface area (Å²) in [4.78, 5) is 41.9. The largest absolute Gasteiger partial charge is 0.454 e. The molecule has 1 fully saturated rings. The molecule has 0 spiro atoms. The van der Waals surface area contributed by atoms with E-state index in [2.05, 4.69) is 10.3 Å². The summed E-state index contributed by atoms with van der Waals surface area (Å²) in [6.45, 7) is 1.43. The van der Waals surface area contributed by atoms with E-state index in [0.717, 1.165) is 40.7 Å². The Labute approximate surface area is 173 Å². The van der Waals surface area contributed by atoms with Gasteiger partial charge in [-0.3, -0.25) is 14.6 Å². The molecule has 2 aliphatic rings. The Morgan fingerprint density at radius 3 is 2.73 bits per heavy atom. The predicted octanol–water partition coefficient (Wildman–Crippen LogP) is 4.21. The summed E-state index contributed by atoms with van der Waals surface area (Å²) in [6.07, 6.45) is 2.15. The van der Waals surface area contributed by atoms with Gasteiger partial charge in [-0.15, -0.1) is 0 Å². The number of pyridine rings is 1. The molecule has 1 aromatic heterocycles. The van der Waals surface area contributed by atoms with Crippen molar-refractivity contribution >= 4 is 34.3 Å². The van der Waals surface area contributed by atoms with Crippen LogP contribution >= 0.6 is 0 Å². The number of amides is 1. The topological polar surface area (TPSA) is 85.4 Å². The van der Waals surface area contributed by atoms with Crippen LogP contribution in [-0.2, 0) is 9.53 Å². The third-order valence-electron chi connectivity index (χ3n) is 5.78. The summed E-state index contributed by atoms with van der Waals surface area (Å²) in [5, 5.41) is 3.50. The van der Waals surface area contributed by atoms with Crippen LogP contribution in [0.25, 0.3) is 10.9 Å². The standard InChI is InChI=1S/C24H20N2O4/c1-13-17-10-15(8-9-20(17)26-23(13)28)22(27)12-30-24(29)18-11-21(14-6-7-14)25-19-5-3-2-4-16(18)19/h2-5,8-11,13-14H,6-7,12H2,1H3,(H,26,28)/t13-/m1/s1. The molecule has 1 N–H and O–H groups in total. The number of hydrogen-bond donors (Lipinski definition) is 1. The van der Waals surface area contributed by atoms with Crippen LogP contribution in [0.3, 0.4) is 0 Å². The number of benzene rings is 2. The average Bonchev–Trinajstić information content (AvgIpc) is 3.57. The highest BCUT2D eigenvalue weighted by Gasteiger charge is 2.28. The number of ketones is 1. The third kappa shape index (κ3) is 3.24. The second-order valence-corrected chi connectivity index (χ2v) is 7.90. The molecular weight excluding hydrogens is 380 g/mol. The molecule has 1 amide bonds. The van der Waals surface area contributed by atoms with E-state index < -0.39 is 5.97 Å². The minimum absolute atomic E-state index is 0.0861. The van der Waals surface area contributed by atoms with Crippen molar-refractivity contribution in [2.24, 2.45) is 0 Å². The van der Waals surface area contributed by atoms with E-state index in [-0.39, 0.29) is 24.2 Å². The van der Waals surface area contributed by atoms with Crippen LogP contribution in [0.1, 0.15) is 63.6 Å². The van der Waals surface area contributed by atoms with Crippen molar-refractivity contribution in [3.63, 3.8) is 0 Å². The Hall–Kier alpha value is -3.54. The fourth-order valence-electron chi connectivity index (χ4n) is 3.84.